The van der Waals surface area contributed by atoms with Gasteiger partial charge >= 0.3 is 0 Å². The molecule has 0 aromatic carbocycles. The van der Waals surface area contributed by atoms with Crippen LogP contribution in [-0.2, 0) is 0 Å². The Labute approximate surface area is 75.5 Å². The van der Waals surface area contributed by atoms with E-state index in [1.165, 1.54) is 58.3 Å². The van der Waals surface area contributed by atoms with Gasteiger partial charge in [0, 0.05) is 26.2 Å². The van der Waals surface area contributed by atoms with Gasteiger partial charge in [0.05, 0.1) is 0 Å². The van der Waals surface area contributed by atoms with E-state index in [1.807, 2.05) is 0 Å². The van der Waals surface area contributed by atoms with Gasteiger partial charge in [-0.05, 0) is 32.1 Å². The Hall–Kier alpha value is -0.0800. The summed E-state index contributed by atoms with van der Waals surface area (Å²) in [6.07, 6.45) is 9.33. The smallest absolute Gasteiger partial charge is 0.0164 e. The van der Waals surface area contributed by atoms with Crippen LogP contribution < -0.4 is 0 Å². The molecule has 2 heterocycles. The van der Waals surface area contributed by atoms with E-state index in [1.54, 1.807) is 0 Å². The van der Waals surface area contributed by atoms with Crippen molar-refractivity contribution < 1.29 is 0 Å². The summed E-state index contributed by atoms with van der Waals surface area (Å²) in [5.41, 5.74) is 0. The summed E-state index contributed by atoms with van der Waals surface area (Å²) in [4.78, 5) is 0. The maximum absolute atomic E-state index is 2.55. The molecule has 0 N–H and O–H groups in total. The van der Waals surface area contributed by atoms with Gasteiger partial charge in [-0.3, -0.25) is 0 Å². The topological polar surface area (TPSA) is 6.48 Å². The van der Waals surface area contributed by atoms with Crippen LogP contribution in [0.15, 0.2) is 0 Å². The van der Waals surface area contributed by atoms with E-state index in [-0.39, 0.29) is 0 Å². The highest BCUT2D eigenvalue weighted by molar-refractivity contribution is 4.77. The van der Waals surface area contributed by atoms with Crippen LogP contribution in [0.2, 0.25) is 0 Å². The maximum Gasteiger partial charge on any atom is 0.0164 e. The molecule has 0 aromatic heterocycles. The Morgan fingerprint density at radius 3 is 2.17 bits per heavy atom. The van der Waals surface area contributed by atoms with E-state index in [4.69, 9.17) is 0 Å². The summed E-state index contributed by atoms with van der Waals surface area (Å²) in [5, 5.41) is 5.09. The number of piperidine rings is 2. The zero-order valence-corrected chi connectivity index (χ0v) is 7.84. The minimum absolute atomic E-state index is 1.19. The molecule has 2 aliphatic heterocycles. The first-order valence-electron chi connectivity index (χ1n) is 5.28. The van der Waals surface area contributed by atoms with Crippen molar-refractivity contribution in [3.63, 3.8) is 0 Å². The summed E-state index contributed by atoms with van der Waals surface area (Å²) < 4.78 is 0. The van der Waals surface area contributed by atoms with Crippen molar-refractivity contribution in [2.24, 2.45) is 0 Å². The van der Waals surface area contributed by atoms with E-state index in [2.05, 4.69) is 16.4 Å². The van der Waals surface area contributed by atoms with Crippen molar-refractivity contribution in [1.82, 2.24) is 10.0 Å². The summed E-state index contributed by atoms with van der Waals surface area (Å²) >= 11 is 0. The highest BCUT2D eigenvalue weighted by Crippen LogP contribution is 2.15. The van der Waals surface area contributed by atoms with Crippen LogP contribution in [0.4, 0.5) is 0 Å². The fourth-order valence-electron chi connectivity index (χ4n) is 2.17. The number of hydrogen-bond acceptors (Lipinski definition) is 2. The summed E-state index contributed by atoms with van der Waals surface area (Å²) in [6.45, 7) is 5.08. The minimum atomic E-state index is 1.19. The predicted molar refractivity (Wildman–Crippen MR) is 50.5 cm³/mol. The van der Waals surface area contributed by atoms with Gasteiger partial charge in [0.2, 0.25) is 0 Å². The van der Waals surface area contributed by atoms with Gasteiger partial charge in [0.15, 0.2) is 0 Å². The number of hydrogen-bond donors (Lipinski definition) is 0. The second kappa shape index (κ2) is 4.24. The summed E-state index contributed by atoms with van der Waals surface area (Å²) in [7, 11) is 0. The fraction of sp³-hybridized carbons (Fsp3) is 0.900. The molecule has 2 fully saturated rings. The molecular weight excluding hydrogens is 148 g/mol. The second-order valence-corrected chi connectivity index (χ2v) is 3.86. The lowest BCUT2D eigenvalue weighted by Crippen LogP contribution is -2.47. The number of rotatable bonds is 1. The molecule has 2 saturated heterocycles. The lowest BCUT2D eigenvalue weighted by molar-refractivity contribution is -0.0412. The van der Waals surface area contributed by atoms with Gasteiger partial charge in [0.1, 0.15) is 0 Å². The highest BCUT2D eigenvalue weighted by atomic mass is 15.6. The normalized spacial score (nSPS) is 29.0. The average Bonchev–Trinajstić information content (AvgIpc) is 2.21. The molecule has 0 spiro atoms. The third kappa shape index (κ3) is 1.99. The standard InChI is InChI=1S/C10H19N2/c1-3-7-11(8-4-1)12-9-5-2-6-10-12/h3H,1-2,4-10H2. The third-order valence-electron chi connectivity index (χ3n) is 2.90. The fourth-order valence-corrected chi connectivity index (χ4v) is 2.17. The van der Waals surface area contributed by atoms with Gasteiger partial charge in [0.25, 0.3) is 0 Å². The Balaban J connectivity index is 1.80. The van der Waals surface area contributed by atoms with Crippen LogP contribution >= 0.6 is 0 Å². The number of nitrogens with zero attached hydrogens (tertiary/aromatic N) is 2. The quantitative estimate of drug-likeness (QED) is 0.586. The molecule has 12 heavy (non-hydrogen) atoms. The Kier molecular flexibility index (Phi) is 3.01. The maximum atomic E-state index is 2.55. The molecule has 1 radical (unpaired) electrons. The van der Waals surface area contributed by atoms with Crippen LogP contribution in [0.25, 0.3) is 0 Å². The molecule has 2 nitrogen and oxygen atoms in total. The second-order valence-electron chi connectivity index (χ2n) is 3.86. The molecule has 2 heteroatoms. The van der Waals surface area contributed by atoms with Crippen LogP contribution in [0.3, 0.4) is 0 Å². The Bertz CT molecular complexity index is 108. The summed E-state index contributed by atoms with van der Waals surface area (Å²) in [6, 6.07) is 0. The Morgan fingerprint density at radius 1 is 0.750 bits per heavy atom. The molecule has 0 bridgehead atoms. The van der Waals surface area contributed by atoms with Gasteiger partial charge in [-0.15, -0.1) is 0 Å². The molecule has 2 aliphatic rings. The Morgan fingerprint density at radius 2 is 1.50 bits per heavy atom. The van der Waals surface area contributed by atoms with Crippen molar-refractivity contribution >= 4 is 0 Å². The average molecular weight is 167 g/mol. The summed E-state index contributed by atoms with van der Waals surface area (Å²) in [5.74, 6) is 0. The zero-order valence-electron chi connectivity index (χ0n) is 7.84. The molecule has 2 rings (SSSR count). The lowest BCUT2D eigenvalue weighted by Gasteiger charge is -2.39. The first-order chi connectivity index (χ1) is 5.97. The molecule has 0 saturated carbocycles. The van der Waals surface area contributed by atoms with E-state index in [9.17, 15) is 0 Å². The van der Waals surface area contributed by atoms with Gasteiger partial charge in [-0.1, -0.05) is 6.42 Å². The monoisotopic (exact) mass is 167 g/mol. The molecular formula is C10H19N2. The van der Waals surface area contributed by atoms with Crippen molar-refractivity contribution in [3.8, 4) is 0 Å². The van der Waals surface area contributed by atoms with Crippen LogP contribution in [0.1, 0.15) is 32.1 Å². The molecule has 0 aliphatic carbocycles. The molecule has 0 aromatic rings. The van der Waals surface area contributed by atoms with Crippen LogP contribution in [0.5, 0.6) is 0 Å². The van der Waals surface area contributed by atoms with E-state index in [0.29, 0.717) is 0 Å². The third-order valence-corrected chi connectivity index (χ3v) is 2.90. The van der Waals surface area contributed by atoms with Crippen molar-refractivity contribution in [2.75, 3.05) is 26.2 Å². The first kappa shape index (κ1) is 8.52. The van der Waals surface area contributed by atoms with E-state index < -0.39 is 0 Å². The predicted octanol–water partition coefficient (Wildman–Crippen LogP) is 1.69. The van der Waals surface area contributed by atoms with Crippen LogP contribution in [0, 0.1) is 6.42 Å². The molecule has 69 valence electrons. The van der Waals surface area contributed by atoms with Gasteiger partial charge in [-0.25, -0.2) is 10.0 Å². The first-order valence-corrected chi connectivity index (χ1v) is 5.28. The van der Waals surface area contributed by atoms with Crippen molar-refractivity contribution in [3.05, 3.63) is 6.42 Å². The van der Waals surface area contributed by atoms with Crippen molar-refractivity contribution in [2.45, 2.75) is 32.1 Å². The number of hydrazine groups is 1. The van der Waals surface area contributed by atoms with Crippen LogP contribution in [-0.4, -0.2) is 36.2 Å². The molecule has 0 atom stereocenters. The molecule has 0 amide bonds. The molecule has 0 unspecified atom stereocenters. The van der Waals surface area contributed by atoms with Gasteiger partial charge in [-0.2, -0.15) is 0 Å². The van der Waals surface area contributed by atoms with Crippen molar-refractivity contribution in [1.29, 1.82) is 0 Å². The largest absolute Gasteiger partial charge is 0.242 e. The zero-order chi connectivity index (χ0) is 8.23. The minimum Gasteiger partial charge on any atom is -0.242 e. The lowest BCUT2D eigenvalue weighted by atomic mass is 10.1. The SMILES string of the molecule is [CH]1CCCN(N2CCCCC2)C1. The van der Waals surface area contributed by atoms with Gasteiger partial charge < -0.3 is 0 Å². The van der Waals surface area contributed by atoms with E-state index >= 15 is 0 Å². The highest BCUT2D eigenvalue weighted by Gasteiger charge is 2.19. The van der Waals surface area contributed by atoms with E-state index in [0.717, 1.165) is 0 Å².